The molecule has 5 rings (SSSR count). The lowest BCUT2D eigenvalue weighted by Gasteiger charge is -2.29. The number of anilines is 4. The lowest BCUT2D eigenvalue weighted by molar-refractivity contribution is 0.754. The van der Waals surface area contributed by atoms with Crippen LogP contribution in [0.15, 0.2) is 85.1 Å². The molecule has 0 aliphatic carbocycles. The maximum atomic E-state index is 5.32. The van der Waals surface area contributed by atoms with E-state index in [1.165, 1.54) is 16.7 Å². The summed E-state index contributed by atoms with van der Waals surface area (Å²) in [7, 11) is 0. The lowest BCUT2D eigenvalue weighted by Crippen LogP contribution is -2.35. The number of rotatable bonds is 5. The Morgan fingerprint density at radius 1 is 0.647 bits per heavy atom. The van der Waals surface area contributed by atoms with Gasteiger partial charge in [0.2, 0.25) is 0 Å². The average Bonchev–Trinajstić information content (AvgIpc) is 3.15. The molecule has 34 heavy (non-hydrogen) atoms. The van der Waals surface area contributed by atoms with Crippen LogP contribution in [0.5, 0.6) is 0 Å². The van der Waals surface area contributed by atoms with Gasteiger partial charge in [-0.05, 0) is 54.2 Å². The summed E-state index contributed by atoms with van der Waals surface area (Å²) in [6.07, 6.45) is 2.00. The van der Waals surface area contributed by atoms with E-state index in [0.29, 0.717) is 11.8 Å². The number of aromatic nitrogens is 2. The van der Waals surface area contributed by atoms with E-state index in [1.54, 1.807) is 0 Å². The van der Waals surface area contributed by atoms with Crippen molar-refractivity contribution >= 4 is 23.0 Å². The van der Waals surface area contributed by atoms with Crippen molar-refractivity contribution in [3.05, 3.63) is 96.2 Å². The highest BCUT2D eigenvalue weighted by Crippen LogP contribution is 2.46. The lowest BCUT2D eigenvalue weighted by atomic mass is 9.87. The minimum atomic E-state index is 0.0416. The molecule has 2 heterocycles. The Kier molecular flexibility index (Phi) is 5.82. The third-order valence-corrected chi connectivity index (χ3v) is 6.64. The molecule has 4 aromatic rings. The number of hydrogen-bond acceptors (Lipinski definition) is 4. The first-order valence-electron chi connectivity index (χ1n) is 12.2. The maximum Gasteiger partial charge on any atom is 0.179 e. The van der Waals surface area contributed by atoms with Crippen LogP contribution >= 0.6 is 0 Å². The van der Waals surface area contributed by atoms with Crippen molar-refractivity contribution in [1.29, 1.82) is 0 Å². The predicted molar refractivity (Wildman–Crippen MR) is 142 cm³/mol. The number of para-hydroxylation sites is 2. The molecule has 3 aromatic carbocycles. The highest BCUT2D eigenvalue weighted by Gasteiger charge is 2.38. The third kappa shape index (κ3) is 3.73. The van der Waals surface area contributed by atoms with E-state index in [0.717, 1.165) is 28.7 Å². The first kappa shape index (κ1) is 22.1. The van der Waals surface area contributed by atoms with E-state index in [2.05, 4.69) is 117 Å². The van der Waals surface area contributed by atoms with Gasteiger partial charge < -0.3 is 9.80 Å². The summed E-state index contributed by atoms with van der Waals surface area (Å²) < 4.78 is 0. The van der Waals surface area contributed by atoms with E-state index in [1.807, 2.05) is 12.3 Å². The third-order valence-electron chi connectivity index (χ3n) is 6.64. The second kappa shape index (κ2) is 8.94. The normalized spacial score (nSPS) is 15.3. The van der Waals surface area contributed by atoms with Gasteiger partial charge in [0.25, 0.3) is 0 Å². The van der Waals surface area contributed by atoms with Gasteiger partial charge in [-0.1, -0.05) is 82.3 Å². The molecule has 1 aliphatic heterocycles. The molecule has 1 atom stereocenters. The molecule has 4 nitrogen and oxygen atoms in total. The van der Waals surface area contributed by atoms with Crippen LogP contribution in [0.1, 0.15) is 57.6 Å². The highest BCUT2D eigenvalue weighted by atomic mass is 15.5. The first-order valence-corrected chi connectivity index (χ1v) is 12.2. The Morgan fingerprint density at radius 3 is 1.65 bits per heavy atom. The average molecular weight is 449 g/mol. The zero-order chi connectivity index (χ0) is 23.8. The summed E-state index contributed by atoms with van der Waals surface area (Å²) in [5.74, 6) is 2.58. The molecule has 0 bridgehead atoms. The predicted octanol–water partition coefficient (Wildman–Crippen LogP) is 8.03. The highest BCUT2D eigenvalue weighted by molar-refractivity contribution is 5.85. The van der Waals surface area contributed by atoms with Gasteiger partial charge in [-0.25, -0.2) is 9.97 Å². The molecule has 0 spiro atoms. The molecule has 172 valence electrons. The van der Waals surface area contributed by atoms with Crippen molar-refractivity contribution in [2.45, 2.75) is 52.6 Å². The monoisotopic (exact) mass is 448 g/mol. The molecule has 0 amide bonds. The molecule has 4 heteroatoms. The summed E-state index contributed by atoms with van der Waals surface area (Å²) in [5, 5.41) is 0. The van der Waals surface area contributed by atoms with Crippen LogP contribution in [0, 0.1) is 0 Å². The van der Waals surface area contributed by atoms with E-state index >= 15 is 0 Å². The van der Waals surface area contributed by atoms with E-state index in [9.17, 15) is 0 Å². The second-order valence-electron chi connectivity index (χ2n) is 9.57. The Morgan fingerprint density at radius 2 is 1.15 bits per heavy atom. The number of fused-ring (bicyclic) bond motifs is 1. The molecule has 0 saturated heterocycles. The minimum absolute atomic E-state index is 0.0416. The molecule has 1 unspecified atom stereocenters. The molecule has 0 fully saturated rings. The van der Waals surface area contributed by atoms with Gasteiger partial charge in [-0.15, -0.1) is 0 Å². The van der Waals surface area contributed by atoms with Crippen molar-refractivity contribution in [1.82, 2.24) is 9.97 Å². The Labute approximate surface area is 202 Å². The molecular weight excluding hydrogens is 416 g/mol. The number of nitrogens with zero attached hydrogens (tertiary/aromatic N) is 4. The van der Waals surface area contributed by atoms with Crippen molar-refractivity contribution in [2.75, 3.05) is 9.80 Å². The van der Waals surface area contributed by atoms with E-state index in [-0.39, 0.29) is 6.17 Å². The van der Waals surface area contributed by atoms with Crippen LogP contribution in [0.4, 0.5) is 23.0 Å². The Bertz CT molecular complexity index is 1260. The topological polar surface area (TPSA) is 32.3 Å². The SMILES string of the molecule is CC(C)c1cccc(C(C)C)c1-c1cnc2c(n1)N(c1ccccc1)C(C)N2c1ccccc1. The molecule has 1 aliphatic rings. The van der Waals surface area contributed by atoms with Crippen LogP contribution in [-0.2, 0) is 0 Å². The number of benzene rings is 3. The van der Waals surface area contributed by atoms with Crippen molar-refractivity contribution in [2.24, 2.45) is 0 Å². The minimum Gasteiger partial charge on any atom is -0.302 e. The fourth-order valence-corrected chi connectivity index (χ4v) is 4.99. The van der Waals surface area contributed by atoms with Crippen LogP contribution in [0.25, 0.3) is 11.3 Å². The van der Waals surface area contributed by atoms with Crippen LogP contribution in [0.3, 0.4) is 0 Å². The molecular formula is C30H32N4. The van der Waals surface area contributed by atoms with Crippen molar-refractivity contribution in [3.8, 4) is 11.3 Å². The van der Waals surface area contributed by atoms with Gasteiger partial charge in [0.05, 0.1) is 11.9 Å². The van der Waals surface area contributed by atoms with Crippen LogP contribution in [0.2, 0.25) is 0 Å². The molecule has 0 saturated carbocycles. The summed E-state index contributed by atoms with van der Waals surface area (Å²) in [6.45, 7) is 11.2. The van der Waals surface area contributed by atoms with E-state index < -0.39 is 0 Å². The first-order chi connectivity index (χ1) is 16.5. The second-order valence-corrected chi connectivity index (χ2v) is 9.57. The standard InChI is InChI=1S/C30H32N4/c1-20(2)25-17-12-18-26(21(3)4)28(25)27-19-31-29-30(32-27)34(24-15-10-7-11-16-24)22(5)33(29)23-13-8-6-9-14-23/h6-22H,1-5H3. The van der Waals surface area contributed by atoms with Gasteiger partial charge in [-0.3, -0.25) is 0 Å². The number of hydrogen-bond donors (Lipinski definition) is 0. The zero-order valence-corrected chi connectivity index (χ0v) is 20.6. The molecule has 0 N–H and O–H groups in total. The summed E-state index contributed by atoms with van der Waals surface area (Å²) in [5.41, 5.74) is 7.02. The fraction of sp³-hybridized carbons (Fsp3) is 0.267. The van der Waals surface area contributed by atoms with Crippen molar-refractivity contribution < 1.29 is 0 Å². The van der Waals surface area contributed by atoms with E-state index in [4.69, 9.17) is 9.97 Å². The smallest absolute Gasteiger partial charge is 0.179 e. The molecule has 0 radical (unpaired) electrons. The van der Waals surface area contributed by atoms with Gasteiger partial charge >= 0.3 is 0 Å². The summed E-state index contributed by atoms with van der Waals surface area (Å²) >= 11 is 0. The fourth-order valence-electron chi connectivity index (χ4n) is 4.99. The van der Waals surface area contributed by atoms with Gasteiger partial charge in [-0.2, -0.15) is 0 Å². The quantitative estimate of drug-likeness (QED) is 0.309. The summed E-state index contributed by atoms with van der Waals surface area (Å²) in [6, 6.07) is 27.6. The van der Waals surface area contributed by atoms with Crippen molar-refractivity contribution in [3.63, 3.8) is 0 Å². The van der Waals surface area contributed by atoms with Gasteiger partial charge in [0.15, 0.2) is 11.6 Å². The van der Waals surface area contributed by atoms with Gasteiger partial charge in [0, 0.05) is 16.9 Å². The molecule has 1 aromatic heterocycles. The largest absolute Gasteiger partial charge is 0.302 e. The van der Waals surface area contributed by atoms with Gasteiger partial charge in [0.1, 0.15) is 6.17 Å². The maximum absolute atomic E-state index is 5.32. The van der Waals surface area contributed by atoms with Crippen LogP contribution < -0.4 is 9.80 Å². The van der Waals surface area contributed by atoms with Crippen LogP contribution in [-0.4, -0.2) is 16.1 Å². The Hall–Kier alpha value is -3.66. The summed E-state index contributed by atoms with van der Waals surface area (Å²) in [4.78, 5) is 14.9. The zero-order valence-electron chi connectivity index (χ0n) is 20.6. The Balaban J connectivity index is 1.73.